The highest BCUT2D eigenvalue weighted by molar-refractivity contribution is 5.90. The van der Waals surface area contributed by atoms with Crippen LogP contribution in [0.3, 0.4) is 0 Å². The molecule has 0 radical (unpaired) electrons. The van der Waals surface area contributed by atoms with Crippen LogP contribution in [0.5, 0.6) is 0 Å². The minimum Gasteiger partial charge on any atom is -0.347 e. The molecule has 8 heteroatoms. The average molecular weight is 269 g/mol. The lowest BCUT2D eigenvalue weighted by Gasteiger charge is -2.32. The molecule has 0 aromatic heterocycles. The predicted octanol–water partition coefficient (Wildman–Crippen LogP) is 0.203. The molecule has 2 N–H and O–H groups in total. The highest BCUT2D eigenvalue weighted by Gasteiger charge is 2.55. The van der Waals surface area contributed by atoms with Crippen LogP contribution in [0.2, 0.25) is 0 Å². The Bertz CT molecular complexity index is 327. The minimum atomic E-state index is -4.86. The second-order valence-corrected chi connectivity index (χ2v) is 4.31. The molecule has 0 aliphatic heterocycles. The molecule has 106 valence electrons. The minimum absolute atomic E-state index is 0.0265. The second-order valence-electron chi connectivity index (χ2n) is 4.31. The van der Waals surface area contributed by atoms with Gasteiger partial charge in [0.2, 0.25) is 5.91 Å². The van der Waals surface area contributed by atoms with E-state index < -0.39 is 30.1 Å². The lowest BCUT2D eigenvalue weighted by Crippen LogP contribution is -2.63. The molecule has 0 aromatic carbocycles. The number of rotatable bonds is 4. The summed E-state index contributed by atoms with van der Waals surface area (Å²) in [5.41, 5.74) is 2.03. The second kappa shape index (κ2) is 5.55. The number of nitrogens with zero attached hydrogens (tertiary/aromatic N) is 2. The summed E-state index contributed by atoms with van der Waals surface area (Å²) in [5, 5.41) is 0. The molecule has 0 saturated carbocycles. The van der Waals surface area contributed by atoms with Gasteiger partial charge < -0.3 is 15.5 Å². The Morgan fingerprint density at radius 3 is 1.94 bits per heavy atom. The highest BCUT2D eigenvalue weighted by Crippen LogP contribution is 2.29. The van der Waals surface area contributed by atoms with Gasteiger partial charge in [0.1, 0.15) is 0 Å². The Kier molecular flexibility index (Phi) is 5.15. The van der Waals surface area contributed by atoms with Gasteiger partial charge in [0.15, 0.2) is 5.54 Å². The van der Waals surface area contributed by atoms with Crippen molar-refractivity contribution in [3.8, 4) is 0 Å². The summed E-state index contributed by atoms with van der Waals surface area (Å²) in [6, 6.07) is 0. The Labute approximate surface area is 104 Å². The quantitative estimate of drug-likeness (QED) is 0.793. The average Bonchev–Trinajstić information content (AvgIpc) is 2.22. The Balaban J connectivity index is 4.99. The molecule has 1 unspecified atom stereocenters. The molecule has 0 aliphatic carbocycles. The van der Waals surface area contributed by atoms with Crippen molar-refractivity contribution in [3.63, 3.8) is 0 Å². The van der Waals surface area contributed by atoms with Gasteiger partial charge in [-0.15, -0.1) is 0 Å². The fourth-order valence-electron chi connectivity index (χ4n) is 1.08. The zero-order valence-corrected chi connectivity index (χ0v) is 10.8. The van der Waals surface area contributed by atoms with Crippen molar-refractivity contribution in [2.75, 3.05) is 27.2 Å². The zero-order chi connectivity index (χ0) is 14.7. The molecule has 0 saturated heterocycles. The van der Waals surface area contributed by atoms with E-state index in [1.165, 1.54) is 25.9 Å². The standard InChI is InChI=1S/C10H18F3N3O2/c1-5-16(6-7(17)15(3)4)8(18)9(2,14)10(11,12)13/h5-6,14H2,1-4H3. The molecule has 5 nitrogen and oxygen atoms in total. The predicted molar refractivity (Wildman–Crippen MR) is 59.6 cm³/mol. The topological polar surface area (TPSA) is 66.6 Å². The van der Waals surface area contributed by atoms with E-state index >= 15 is 0 Å². The largest absolute Gasteiger partial charge is 0.415 e. The summed E-state index contributed by atoms with van der Waals surface area (Å²) in [7, 11) is 2.90. The van der Waals surface area contributed by atoms with Gasteiger partial charge in [0.05, 0.1) is 6.54 Å². The molecule has 2 amide bonds. The molecule has 0 aromatic rings. The molecule has 0 aliphatic rings. The van der Waals surface area contributed by atoms with Crippen LogP contribution in [0.25, 0.3) is 0 Å². The Hall–Kier alpha value is -1.31. The zero-order valence-electron chi connectivity index (χ0n) is 10.8. The van der Waals surface area contributed by atoms with Crippen LogP contribution in [-0.4, -0.2) is 60.5 Å². The van der Waals surface area contributed by atoms with Crippen molar-refractivity contribution in [2.24, 2.45) is 5.73 Å². The van der Waals surface area contributed by atoms with Crippen molar-refractivity contribution in [2.45, 2.75) is 25.6 Å². The SMILES string of the molecule is CCN(CC(=O)N(C)C)C(=O)C(C)(N)C(F)(F)F. The molecule has 0 bridgehead atoms. The number of carbonyl (C=O) groups is 2. The van der Waals surface area contributed by atoms with E-state index in [1.807, 2.05) is 0 Å². The summed E-state index contributed by atoms with van der Waals surface area (Å²) >= 11 is 0. The maximum absolute atomic E-state index is 12.6. The van der Waals surface area contributed by atoms with E-state index in [0.29, 0.717) is 6.92 Å². The van der Waals surface area contributed by atoms with Gasteiger partial charge in [-0.05, 0) is 13.8 Å². The van der Waals surface area contributed by atoms with E-state index in [9.17, 15) is 22.8 Å². The Morgan fingerprint density at radius 2 is 1.67 bits per heavy atom. The fourth-order valence-corrected chi connectivity index (χ4v) is 1.08. The smallest absolute Gasteiger partial charge is 0.347 e. The third-order valence-corrected chi connectivity index (χ3v) is 2.53. The van der Waals surface area contributed by atoms with Crippen LogP contribution < -0.4 is 5.73 Å². The third-order valence-electron chi connectivity index (χ3n) is 2.53. The van der Waals surface area contributed by atoms with E-state index in [0.717, 1.165) is 4.90 Å². The van der Waals surface area contributed by atoms with Crippen LogP contribution in [0.4, 0.5) is 13.2 Å². The lowest BCUT2D eigenvalue weighted by molar-refractivity contribution is -0.194. The summed E-state index contributed by atoms with van der Waals surface area (Å²) < 4.78 is 37.8. The van der Waals surface area contributed by atoms with Gasteiger partial charge in [0, 0.05) is 20.6 Å². The number of nitrogens with two attached hydrogens (primary N) is 1. The normalized spacial score (nSPS) is 14.9. The van der Waals surface area contributed by atoms with Crippen LogP contribution in [0, 0.1) is 0 Å². The van der Waals surface area contributed by atoms with Gasteiger partial charge in [-0.25, -0.2) is 0 Å². The first kappa shape index (κ1) is 16.7. The van der Waals surface area contributed by atoms with Gasteiger partial charge in [-0.1, -0.05) is 0 Å². The number of hydrogen-bond donors (Lipinski definition) is 1. The third kappa shape index (κ3) is 3.59. The number of likely N-dealkylation sites (N-methyl/N-ethyl adjacent to an activating group) is 2. The molecule has 18 heavy (non-hydrogen) atoms. The summed E-state index contributed by atoms with van der Waals surface area (Å²) in [5.74, 6) is -1.78. The van der Waals surface area contributed by atoms with E-state index in [2.05, 4.69) is 0 Å². The first-order chi connectivity index (χ1) is 7.95. The molecule has 0 heterocycles. The van der Waals surface area contributed by atoms with Crippen molar-refractivity contribution in [1.29, 1.82) is 0 Å². The monoisotopic (exact) mass is 269 g/mol. The molecule has 1 atom stereocenters. The summed E-state index contributed by atoms with van der Waals surface area (Å²) in [6.07, 6.45) is -4.86. The molecular formula is C10H18F3N3O2. The maximum Gasteiger partial charge on any atom is 0.415 e. The van der Waals surface area contributed by atoms with Gasteiger partial charge >= 0.3 is 6.18 Å². The van der Waals surface area contributed by atoms with Crippen LogP contribution in [0.1, 0.15) is 13.8 Å². The van der Waals surface area contributed by atoms with Crippen molar-refractivity contribution < 1.29 is 22.8 Å². The lowest BCUT2D eigenvalue weighted by atomic mass is 10.0. The summed E-state index contributed by atoms with van der Waals surface area (Å²) in [6.45, 7) is 1.62. The van der Waals surface area contributed by atoms with E-state index in [4.69, 9.17) is 5.73 Å². The molecule has 0 rings (SSSR count). The first-order valence-corrected chi connectivity index (χ1v) is 5.30. The molecular weight excluding hydrogens is 251 g/mol. The van der Waals surface area contributed by atoms with Crippen molar-refractivity contribution in [3.05, 3.63) is 0 Å². The number of amides is 2. The van der Waals surface area contributed by atoms with E-state index in [-0.39, 0.29) is 6.54 Å². The van der Waals surface area contributed by atoms with Gasteiger partial charge in [-0.3, -0.25) is 9.59 Å². The molecule has 0 fully saturated rings. The first-order valence-electron chi connectivity index (χ1n) is 5.30. The summed E-state index contributed by atoms with van der Waals surface area (Å²) in [4.78, 5) is 25.1. The van der Waals surface area contributed by atoms with Crippen LogP contribution in [0.15, 0.2) is 0 Å². The number of carbonyl (C=O) groups excluding carboxylic acids is 2. The van der Waals surface area contributed by atoms with Crippen molar-refractivity contribution >= 4 is 11.8 Å². The fraction of sp³-hybridized carbons (Fsp3) is 0.800. The number of halogens is 3. The number of hydrogen-bond acceptors (Lipinski definition) is 3. The van der Waals surface area contributed by atoms with Gasteiger partial charge in [-0.2, -0.15) is 13.2 Å². The molecule has 0 spiro atoms. The van der Waals surface area contributed by atoms with E-state index in [1.54, 1.807) is 0 Å². The Morgan fingerprint density at radius 1 is 1.22 bits per heavy atom. The van der Waals surface area contributed by atoms with Crippen LogP contribution >= 0.6 is 0 Å². The maximum atomic E-state index is 12.6. The van der Waals surface area contributed by atoms with Gasteiger partial charge in [0.25, 0.3) is 5.91 Å². The highest BCUT2D eigenvalue weighted by atomic mass is 19.4. The van der Waals surface area contributed by atoms with Crippen LogP contribution in [-0.2, 0) is 9.59 Å². The number of alkyl halides is 3. The van der Waals surface area contributed by atoms with Crippen molar-refractivity contribution in [1.82, 2.24) is 9.80 Å².